The van der Waals surface area contributed by atoms with Crippen LogP contribution < -0.4 is 21.9 Å². The quantitative estimate of drug-likeness (QED) is 0.263. The van der Waals surface area contributed by atoms with Crippen LogP contribution in [0.3, 0.4) is 0 Å². The molecule has 0 unspecified atom stereocenters. The van der Waals surface area contributed by atoms with Crippen molar-refractivity contribution in [3.63, 3.8) is 0 Å². The number of carbonyl (C=O) groups excluding carboxylic acids is 1. The Balaban J connectivity index is 1.69. The zero-order valence-corrected chi connectivity index (χ0v) is 19.2. The molecule has 0 fully saturated rings. The Morgan fingerprint density at radius 1 is 1.06 bits per heavy atom. The highest BCUT2D eigenvalue weighted by molar-refractivity contribution is 7.80. The highest BCUT2D eigenvalue weighted by Crippen LogP contribution is 2.20. The van der Waals surface area contributed by atoms with Crippen LogP contribution in [0.5, 0.6) is 0 Å². The topological polar surface area (TPSA) is 93.0 Å². The van der Waals surface area contributed by atoms with Crippen LogP contribution in [0.25, 0.3) is 11.4 Å². The van der Waals surface area contributed by atoms with Crippen LogP contribution in [0.2, 0.25) is 5.02 Å². The van der Waals surface area contributed by atoms with Crippen molar-refractivity contribution in [1.29, 1.82) is 0 Å². The molecule has 10 heteroatoms. The maximum atomic E-state index is 12.9. The normalized spacial score (nSPS) is 10.6. The van der Waals surface area contributed by atoms with E-state index in [9.17, 15) is 9.59 Å². The second-order valence-electron chi connectivity index (χ2n) is 7.10. The maximum absolute atomic E-state index is 12.9. The Labute approximate surface area is 196 Å². The number of unbranched alkanes of at least 4 members (excludes halogenated alkanes) is 2. The van der Waals surface area contributed by atoms with Crippen molar-refractivity contribution < 1.29 is 4.79 Å². The molecule has 0 radical (unpaired) electrons. The largest absolute Gasteiger partial charge is 0.346 e. The number of hydrogen-bond donors (Lipinski definition) is 3. The van der Waals surface area contributed by atoms with E-state index >= 15 is 0 Å². The second kappa shape index (κ2) is 11.4. The van der Waals surface area contributed by atoms with Crippen molar-refractivity contribution in [2.75, 3.05) is 5.32 Å². The molecule has 8 nitrogen and oxygen atoms in total. The first-order valence-electron chi connectivity index (χ1n) is 10.3. The van der Waals surface area contributed by atoms with Gasteiger partial charge in [0.2, 0.25) is 0 Å². The number of anilines is 1. The number of nitrogens with one attached hydrogen (secondary N) is 3. The molecular weight excluding hydrogens is 448 g/mol. The van der Waals surface area contributed by atoms with Gasteiger partial charge in [-0.15, -0.1) is 5.10 Å². The number of nitrogens with zero attached hydrogens (tertiary/aromatic N) is 3. The molecule has 3 N–H and O–H groups in total. The number of halogens is 1. The van der Waals surface area contributed by atoms with Gasteiger partial charge in [-0.3, -0.25) is 20.2 Å². The van der Waals surface area contributed by atoms with Crippen LogP contribution in [-0.4, -0.2) is 25.4 Å². The third-order valence-electron chi connectivity index (χ3n) is 4.67. The lowest BCUT2D eigenvalue weighted by molar-refractivity contribution is -0.122. The molecule has 0 aliphatic rings. The molecule has 2 aromatic carbocycles. The van der Waals surface area contributed by atoms with Crippen LogP contribution in [0, 0.1) is 0 Å². The summed E-state index contributed by atoms with van der Waals surface area (Å²) in [5.41, 5.74) is 6.17. The molecule has 0 spiro atoms. The average molecular weight is 473 g/mol. The number of rotatable bonds is 8. The average Bonchev–Trinajstić information content (AvgIpc) is 3.10. The molecule has 0 aliphatic heterocycles. The fraction of sp³-hybridized carbons (Fsp3) is 0.273. The fourth-order valence-corrected chi connectivity index (χ4v) is 3.41. The smallest absolute Gasteiger partial charge is 0.330 e. The van der Waals surface area contributed by atoms with Crippen LogP contribution in [-0.2, 0) is 17.9 Å². The van der Waals surface area contributed by atoms with Crippen molar-refractivity contribution in [3.8, 4) is 11.4 Å². The number of thiocarbonyl (C=S) groups is 1. The lowest BCUT2D eigenvalue weighted by Gasteiger charge is -2.13. The molecule has 0 bridgehead atoms. The van der Waals surface area contributed by atoms with E-state index in [1.165, 1.54) is 9.25 Å². The van der Waals surface area contributed by atoms with E-state index in [2.05, 4.69) is 28.2 Å². The molecule has 168 valence electrons. The Morgan fingerprint density at radius 2 is 1.78 bits per heavy atom. The summed E-state index contributed by atoms with van der Waals surface area (Å²) in [6, 6.07) is 16.4. The fourth-order valence-electron chi connectivity index (χ4n) is 3.07. The van der Waals surface area contributed by atoms with Gasteiger partial charge in [-0.05, 0) is 30.8 Å². The lowest BCUT2D eigenvalue weighted by atomic mass is 10.2. The first-order valence-corrected chi connectivity index (χ1v) is 11.1. The zero-order chi connectivity index (χ0) is 22.9. The van der Waals surface area contributed by atoms with E-state index < -0.39 is 5.91 Å². The summed E-state index contributed by atoms with van der Waals surface area (Å²) in [4.78, 5) is 25.5. The third kappa shape index (κ3) is 6.18. The molecule has 3 aromatic rings. The zero-order valence-electron chi connectivity index (χ0n) is 17.7. The maximum Gasteiger partial charge on any atom is 0.346 e. The summed E-state index contributed by atoms with van der Waals surface area (Å²) in [6.45, 7) is 2.39. The van der Waals surface area contributed by atoms with E-state index in [1.54, 1.807) is 18.2 Å². The van der Waals surface area contributed by atoms with Gasteiger partial charge in [0.15, 0.2) is 10.9 Å². The molecule has 1 amide bonds. The van der Waals surface area contributed by atoms with Crippen molar-refractivity contribution in [1.82, 2.24) is 25.2 Å². The minimum atomic E-state index is -0.444. The minimum Gasteiger partial charge on any atom is -0.330 e. The molecular formula is C22H25ClN6O2S. The molecule has 0 atom stereocenters. The van der Waals surface area contributed by atoms with E-state index in [1.807, 2.05) is 36.4 Å². The van der Waals surface area contributed by atoms with Crippen molar-refractivity contribution in [2.45, 2.75) is 39.3 Å². The van der Waals surface area contributed by atoms with Crippen molar-refractivity contribution in [3.05, 3.63) is 70.1 Å². The summed E-state index contributed by atoms with van der Waals surface area (Å²) < 4.78 is 2.78. The first-order chi connectivity index (χ1) is 15.5. The van der Waals surface area contributed by atoms with Crippen LogP contribution in [0.4, 0.5) is 5.69 Å². The van der Waals surface area contributed by atoms with Gasteiger partial charge in [-0.25, -0.2) is 9.48 Å². The predicted molar refractivity (Wildman–Crippen MR) is 130 cm³/mol. The molecule has 1 aromatic heterocycles. The molecule has 0 saturated carbocycles. The van der Waals surface area contributed by atoms with Crippen LogP contribution in [0.15, 0.2) is 59.4 Å². The van der Waals surface area contributed by atoms with Crippen LogP contribution >= 0.6 is 23.8 Å². The highest BCUT2D eigenvalue weighted by Gasteiger charge is 2.17. The summed E-state index contributed by atoms with van der Waals surface area (Å²) >= 11 is 11.3. The standard InChI is InChI=1S/C22H25ClN6O2S/c1-2-3-9-14-29-22(31)28(20(27-29)16-10-5-4-6-11-16)15-19(30)25-26-21(32)24-18-13-8-7-12-17(18)23/h4-8,10-13H,2-3,9,14-15H2,1H3,(H,25,30)(H2,24,26,32). The number of hydrazine groups is 1. The highest BCUT2D eigenvalue weighted by atomic mass is 35.5. The number of aromatic nitrogens is 3. The number of hydrogen-bond acceptors (Lipinski definition) is 4. The van der Waals surface area contributed by atoms with Crippen molar-refractivity contribution in [2.24, 2.45) is 0 Å². The van der Waals surface area contributed by atoms with Gasteiger partial charge in [-0.2, -0.15) is 0 Å². The number of carbonyl (C=O) groups is 1. The molecule has 3 rings (SSSR count). The van der Waals surface area contributed by atoms with Gasteiger partial charge < -0.3 is 5.32 Å². The summed E-state index contributed by atoms with van der Waals surface area (Å²) in [7, 11) is 0. The van der Waals surface area contributed by atoms with Crippen molar-refractivity contribution >= 4 is 40.5 Å². The van der Waals surface area contributed by atoms with Gasteiger partial charge in [0.05, 0.1) is 10.7 Å². The lowest BCUT2D eigenvalue weighted by Crippen LogP contribution is -2.46. The Bertz CT molecular complexity index is 1130. The summed E-state index contributed by atoms with van der Waals surface area (Å²) in [5.74, 6) is -0.000264. The summed E-state index contributed by atoms with van der Waals surface area (Å²) in [5, 5.41) is 8.04. The minimum absolute atomic E-state index is 0.164. The second-order valence-corrected chi connectivity index (χ2v) is 7.91. The van der Waals surface area contributed by atoms with E-state index in [0.717, 1.165) is 24.8 Å². The third-order valence-corrected chi connectivity index (χ3v) is 5.20. The number of amides is 1. The Kier molecular flexibility index (Phi) is 8.41. The Morgan fingerprint density at radius 3 is 2.50 bits per heavy atom. The SMILES string of the molecule is CCCCCn1nc(-c2ccccc2)n(CC(=O)NNC(=S)Nc2ccccc2Cl)c1=O. The number of aryl methyl sites for hydroxylation is 1. The molecule has 1 heterocycles. The monoisotopic (exact) mass is 472 g/mol. The first kappa shape index (κ1) is 23.5. The van der Waals surface area contributed by atoms with Gasteiger partial charge >= 0.3 is 5.69 Å². The molecule has 32 heavy (non-hydrogen) atoms. The Hall–Kier alpha value is -3.17. The van der Waals surface area contributed by atoms with Gasteiger partial charge in [0.25, 0.3) is 5.91 Å². The van der Waals surface area contributed by atoms with E-state index in [-0.39, 0.29) is 17.3 Å². The van der Waals surface area contributed by atoms with E-state index in [4.69, 9.17) is 23.8 Å². The van der Waals surface area contributed by atoms with Crippen LogP contribution in [0.1, 0.15) is 26.2 Å². The number of para-hydroxylation sites is 1. The molecule has 0 aliphatic carbocycles. The van der Waals surface area contributed by atoms with Gasteiger partial charge in [-0.1, -0.05) is 73.8 Å². The predicted octanol–water partition coefficient (Wildman–Crippen LogP) is 3.57. The van der Waals surface area contributed by atoms with E-state index in [0.29, 0.717) is 23.1 Å². The number of benzene rings is 2. The molecule has 0 saturated heterocycles. The van der Waals surface area contributed by atoms with Gasteiger partial charge in [0.1, 0.15) is 6.54 Å². The summed E-state index contributed by atoms with van der Waals surface area (Å²) in [6.07, 6.45) is 2.88. The van der Waals surface area contributed by atoms with Gasteiger partial charge in [0, 0.05) is 12.1 Å².